The maximum atomic E-state index is 6.15. The zero-order chi connectivity index (χ0) is 10.7. The molecule has 0 aliphatic rings. The summed E-state index contributed by atoms with van der Waals surface area (Å²) < 4.78 is 5.03. The fourth-order valence-corrected chi connectivity index (χ4v) is 1.78. The lowest BCUT2D eigenvalue weighted by Gasteiger charge is -2.13. The van der Waals surface area contributed by atoms with Crippen LogP contribution in [0.15, 0.2) is 47.3 Å². The van der Waals surface area contributed by atoms with Crippen LogP contribution in [0.1, 0.15) is 22.7 Å². The van der Waals surface area contributed by atoms with Crippen LogP contribution in [0, 0.1) is 6.92 Å². The fourth-order valence-electron chi connectivity index (χ4n) is 1.78. The maximum Gasteiger partial charge on any atom is 0.0935 e. The summed E-state index contributed by atoms with van der Waals surface area (Å²) in [6.45, 7) is 2.09. The number of nitrogens with two attached hydrogens (primary N) is 1. The van der Waals surface area contributed by atoms with Crippen molar-refractivity contribution in [3.8, 4) is 0 Å². The minimum atomic E-state index is 0.0452. The van der Waals surface area contributed by atoms with Crippen molar-refractivity contribution < 1.29 is 4.42 Å². The van der Waals surface area contributed by atoms with Crippen LogP contribution in [-0.4, -0.2) is 0 Å². The molecule has 15 heavy (non-hydrogen) atoms. The van der Waals surface area contributed by atoms with Gasteiger partial charge in [-0.3, -0.25) is 0 Å². The number of hydrogen-bond donors (Lipinski definition) is 1. The first-order valence-corrected chi connectivity index (χ1v) is 5.09. The van der Waals surface area contributed by atoms with Crippen molar-refractivity contribution in [2.75, 3.05) is 0 Å². The van der Waals surface area contributed by atoms with E-state index in [2.05, 4.69) is 19.1 Å². The summed E-state index contributed by atoms with van der Waals surface area (Å²) in [4.78, 5) is 0. The Balaban J connectivity index is 2.15. The average Bonchev–Trinajstić information content (AvgIpc) is 2.71. The monoisotopic (exact) mass is 201 g/mol. The highest BCUT2D eigenvalue weighted by atomic mass is 16.3. The summed E-state index contributed by atoms with van der Waals surface area (Å²) in [5.41, 5.74) is 9.74. The molecule has 1 unspecified atom stereocenters. The second kappa shape index (κ2) is 4.32. The fraction of sp³-hybridized carbons (Fsp3) is 0.231. The standard InChI is InChI=1S/C13H15NO/c1-10-4-2-3-5-12(10)13(14)8-11-6-7-15-9-11/h2-7,9,13H,8,14H2,1H3. The number of rotatable bonds is 3. The van der Waals surface area contributed by atoms with Gasteiger partial charge in [0.15, 0.2) is 0 Å². The van der Waals surface area contributed by atoms with Crippen LogP contribution in [0.2, 0.25) is 0 Å². The Morgan fingerprint density at radius 2 is 2.07 bits per heavy atom. The van der Waals surface area contributed by atoms with E-state index in [1.807, 2.05) is 18.2 Å². The van der Waals surface area contributed by atoms with Gasteiger partial charge >= 0.3 is 0 Å². The van der Waals surface area contributed by atoms with Crippen LogP contribution >= 0.6 is 0 Å². The maximum absolute atomic E-state index is 6.15. The van der Waals surface area contributed by atoms with Crippen LogP contribution < -0.4 is 5.73 Å². The van der Waals surface area contributed by atoms with Gasteiger partial charge < -0.3 is 10.2 Å². The predicted octanol–water partition coefficient (Wildman–Crippen LogP) is 2.83. The molecule has 2 nitrogen and oxygen atoms in total. The van der Waals surface area contributed by atoms with Gasteiger partial charge in [0.25, 0.3) is 0 Å². The van der Waals surface area contributed by atoms with Gasteiger partial charge in [-0.05, 0) is 36.1 Å². The Bertz CT molecular complexity index is 420. The molecule has 0 spiro atoms. The van der Waals surface area contributed by atoms with Crippen LogP contribution in [0.4, 0.5) is 0 Å². The molecular formula is C13H15NO. The van der Waals surface area contributed by atoms with Crippen molar-refractivity contribution in [1.29, 1.82) is 0 Å². The number of aryl methyl sites for hydroxylation is 1. The largest absolute Gasteiger partial charge is 0.472 e. The molecule has 2 N–H and O–H groups in total. The van der Waals surface area contributed by atoms with Crippen LogP contribution in [0.5, 0.6) is 0 Å². The molecule has 0 amide bonds. The Hall–Kier alpha value is -1.54. The summed E-state index contributed by atoms with van der Waals surface area (Å²) in [6, 6.07) is 10.2. The third-order valence-corrected chi connectivity index (χ3v) is 2.62. The lowest BCUT2D eigenvalue weighted by molar-refractivity contribution is 0.561. The summed E-state index contributed by atoms with van der Waals surface area (Å²) in [6.07, 6.45) is 4.25. The molecule has 0 saturated carbocycles. The molecule has 2 rings (SSSR count). The van der Waals surface area contributed by atoms with E-state index in [-0.39, 0.29) is 6.04 Å². The predicted molar refractivity (Wildman–Crippen MR) is 60.5 cm³/mol. The zero-order valence-electron chi connectivity index (χ0n) is 8.81. The third kappa shape index (κ3) is 2.28. The second-order valence-electron chi connectivity index (χ2n) is 3.80. The van der Waals surface area contributed by atoms with Crippen molar-refractivity contribution >= 4 is 0 Å². The van der Waals surface area contributed by atoms with Gasteiger partial charge in [-0.1, -0.05) is 24.3 Å². The van der Waals surface area contributed by atoms with Gasteiger partial charge in [0.1, 0.15) is 0 Å². The van der Waals surface area contributed by atoms with E-state index in [9.17, 15) is 0 Å². The van der Waals surface area contributed by atoms with E-state index in [0.29, 0.717) is 0 Å². The van der Waals surface area contributed by atoms with E-state index in [1.165, 1.54) is 11.1 Å². The normalized spacial score (nSPS) is 12.7. The third-order valence-electron chi connectivity index (χ3n) is 2.62. The van der Waals surface area contributed by atoms with Crippen LogP contribution in [0.3, 0.4) is 0 Å². The van der Waals surface area contributed by atoms with Gasteiger partial charge in [-0.2, -0.15) is 0 Å². The summed E-state index contributed by atoms with van der Waals surface area (Å²) >= 11 is 0. The molecular weight excluding hydrogens is 186 g/mol. The van der Waals surface area contributed by atoms with E-state index in [0.717, 1.165) is 12.0 Å². The first-order valence-electron chi connectivity index (χ1n) is 5.09. The van der Waals surface area contributed by atoms with Crippen molar-refractivity contribution in [3.63, 3.8) is 0 Å². The molecule has 0 bridgehead atoms. The van der Waals surface area contributed by atoms with Crippen molar-refractivity contribution in [3.05, 3.63) is 59.5 Å². The molecule has 1 atom stereocenters. The minimum absolute atomic E-state index is 0.0452. The van der Waals surface area contributed by atoms with Crippen molar-refractivity contribution in [2.45, 2.75) is 19.4 Å². The highest BCUT2D eigenvalue weighted by Crippen LogP contribution is 2.19. The molecule has 2 heteroatoms. The summed E-state index contributed by atoms with van der Waals surface area (Å²) in [7, 11) is 0. The second-order valence-corrected chi connectivity index (χ2v) is 3.80. The lowest BCUT2D eigenvalue weighted by atomic mass is 9.97. The summed E-state index contributed by atoms with van der Waals surface area (Å²) in [5.74, 6) is 0. The molecule has 0 fully saturated rings. The SMILES string of the molecule is Cc1ccccc1C(N)Cc1ccoc1. The highest BCUT2D eigenvalue weighted by Gasteiger charge is 2.09. The molecule has 78 valence electrons. The molecule has 0 aliphatic carbocycles. The summed E-state index contributed by atoms with van der Waals surface area (Å²) in [5, 5.41) is 0. The molecule has 1 aromatic carbocycles. The number of hydrogen-bond acceptors (Lipinski definition) is 2. The Morgan fingerprint density at radius 3 is 2.73 bits per heavy atom. The average molecular weight is 201 g/mol. The van der Waals surface area contributed by atoms with Gasteiger partial charge in [0.2, 0.25) is 0 Å². The van der Waals surface area contributed by atoms with Gasteiger partial charge in [-0.25, -0.2) is 0 Å². The van der Waals surface area contributed by atoms with Crippen LogP contribution in [0.25, 0.3) is 0 Å². The molecule has 0 aliphatic heterocycles. The van der Waals surface area contributed by atoms with E-state index in [4.69, 9.17) is 10.2 Å². The Morgan fingerprint density at radius 1 is 1.27 bits per heavy atom. The number of furan rings is 1. The molecule has 0 saturated heterocycles. The van der Waals surface area contributed by atoms with Gasteiger partial charge in [0.05, 0.1) is 12.5 Å². The van der Waals surface area contributed by atoms with Gasteiger partial charge in [-0.15, -0.1) is 0 Å². The Labute approximate surface area is 89.7 Å². The highest BCUT2D eigenvalue weighted by molar-refractivity contribution is 5.29. The van der Waals surface area contributed by atoms with Crippen molar-refractivity contribution in [2.24, 2.45) is 5.73 Å². The first kappa shape index (κ1) is 9.99. The molecule has 1 heterocycles. The minimum Gasteiger partial charge on any atom is -0.472 e. The van der Waals surface area contributed by atoms with Crippen LogP contribution in [-0.2, 0) is 6.42 Å². The first-order chi connectivity index (χ1) is 7.27. The van der Waals surface area contributed by atoms with Crippen molar-refractivity contribution in [1.82, 2.24) is 0 Å². The topological polar surface area (TPSA) is 39.2 Å². The van der Waals surface area contributed by atoms with E-state index < -0.39 is 0 Å². The van der Waals surface area contributed by atoms with Gasteiger partial charge in [0, 0.05) is 6.04 Å². The molecule has 0 radical (unpaired) electrons. The quantitative estimate of drug-likeness (QED) is 0.829. The van der Waals surface area contributed by atoms with E-state index in [1.54, 1.807) is 12.5 Å². The zero-order valence-corrected chi connectivity index (χ0v) is 8.81. The smallest absolute Gasteiger partial charge is 0.0935 e. The van der Waals surface area contributed by atoms with E-state index >= 15 is 0 Å². The number of benzene rings is 1. The Kier molecular flexibility index (Phi) is 2.88. The molecule has 1 aromatic heterocycles. The lowest BCUT2D eigenvalue weighted by Crippen LogP contribution is -2.14. The molecule has 2 aromatic rings.